The number of carbonyl (C=O) groups is 1. The zero-order valence-electron chi connectivity index (χ0n) is 21.4. The molecule has 1 aliphatic heterocycles. The van der Waals surface area contributed by atoms with Crippen molar-refractivity contribution in [2.24, 2.45) is 5.10 Å². The third-order valence-electron chi connectivity index (χ3n) is 6.97. The van der Waals surface area contributed by atoms with Crippen LogP contribution in [0.15, 0.2) is 100 Å². The molecule has 2 aromatic heterocycles. The molecule has 6 rings (SSSR count). The minimum absolute atomic E-state index is 0.191. The quantitative estimate of drug-likeness (QED) is 0.256. The van der Waals surface area contributed by atoms with E-state index in [1.165, 1.54) is 16.3 Å². The average Bonchev–Trinajstić information content (AvgIpc) is 3.64. The molecular formula is C31H25ClN4O2S. The van der Waals surface area contributed by atoms with Crippen LogP contribution in [-0.2, 0) is 0 Å². The third-order valence-corrected chi connectivity index (χ3v) is 8.06. The van der Waals surface area contributed by atoms with Gasteiger partial charge in [0.05, 0.1) is 22.2 Å². The monoisotopic (exact) mass is 552 g/mol. The van der Waals surface area contributed by atoms with E-state index in [1.807, 2.05) is 97.2 Å². The van der Waals surface area contributed by atoms with Gasteiger partial charge in [0, 0.05) is 47.7 Å². The number of aromatic amines is 1. The van der Waals surface area contributed by atoms with E-state index >= 15 is 0 Å². The number of halogens is 1. The standard InChI is InChI=1S/C31H25ClN4O2S/c1-35(2)22-13-10-19(11-14-22)26-18-25(34-36(26)31(38)27-9-6-16-39-27)29-28(20-7-4-3-5-8-20)23-17-21(32)12-15-24(23)33-30(29)37/h3-17,26H,18H2,1-2H3,(H,33,37)/t26-/m1/s1. The molecule has 0 spiro atoms. The Hall–Kier alpha value is -4.20. The van der Waals surface area contributed by atoms with Gasteiger partial charge in [-0.2, -0.15) is 5.10 Å². The number of H-pyrrole nitrogens is 1. The van der Waals surface area contributed by atoms with Gasteiger partial charge in [-0.1, -0.05) is 60.1 Å². The number of fused-ring (bicyclic) bond motifs is 1. The lowest BCUT2D eigenvalue weighted by molar-refractivity contribution is 0.0716. The Morgan fingerprint density at radius 2 is 1.77 bits per heavy atom. The Morgan fingerprint density at radius 3 is 2.46 bits per heavy atom. The summed E-state index contributed by atoms with van der Waals surface area (Å²) >= 11 is 7.79. The lowest BCUT2D eigenvalue weighted by atomic mass is 9.91. The van der Waals surface area contributed by atoms with Gasteiger partial charge in [0.1, 0.15) is 0 Å². The number of thiophene rings is 1. The summed E-state index contributed by atoms with van der Waals surface area (Å²) < 4.78 is 0. The molecule has 0 saturated carbocycles. The molecule has 5 aromatic rings. The summed E-state index contributed by atoms with van der Waals surface area (Å²) in [5.41, 5.74) is 5.08. The smallest absolute Gasteiger partial charge is 0.284 e. The van der Waals surface area contributed by atoms with Crippen LogP contribution >= 0.6 is 22.9 Å². The van der Waals surface area contributed by atoms with Gasteiger partial charge >= 0.3 is 0 Å². The molecule has 194 valence electrons. The molecule has 1 amide bonds. The Morgan fingerprint density at radius 1 is 1.00 bits per heavy atom. The minimum atomic E-state index is -0.358. The van der Waals surface area contributed by atoms with Crippen molar-refractivity contribution in [3.63, 3.8) is 0 Å². The number of pyridine rings is 1. The highest BCUT2D eigenvalue weighted by atomic mass is 35.5. The van der Waals surface area contributed by atoms with Crippen LogP contribution in [0.2, 0.25) is 5.02 Å². The van der Waals surface area contributed by atoms with E-state index in [2.05, 4.69) is 4.98 Å². The van der Waals surface area contributed by atoms with Crippen LogP contribution in [0.1, 0.15) is 33.3 Å². The van der Waals surface area contributed by atoms with Crippen LogP contribution in [0.3, 0.4) is 0 Å². The maximum Gasteiger partial charge on any atom is 0.284 e. The largest absolute Gasteiger partial charge is 0.378 e. The molecule has 3 heterocycles. The van der Waals surface area contributed by atoms with E-state index in [1.54, 1.807) is 12.1 Å². The van der Waals surface area contributed by atoms with Crippen molar-refractivity contribution in [3.05, 3.63) is 122 Å². The highest BCUT2D eigenvalue weighted by molar-refractivity contribution is 7.12. The minimum Gasteiger partial charge on any atom is -0.378 e. The first-order valence-corrected chi connectivity index (χ1v) is 13.8. The predicted molar refractivity (Wildman–Crippen MR) is 160 cm³/mol. The summed E-state index contributed by atoms with van der Waals surface area (Å²) in [6, 6.07) is 26.6. The molecule has 1 N–H and O–H groups in total. The first kappa shape index (κ1) is 25.1. The van der Waals surface area contributed by atoms with Crippen LogP contribution in [0.5, 0.6) is 0 Å². The maximum atomic E-state index is 13.7. The number of amides is 1. The van der Waals surface area contributed by atoms with Crippen molar-refractivity contribution in [1.82, 2.24) is 9.99 Å². The van der Waals surface area contributed by atoms with Gasteiger partial charge in [-0.3, -0.25) is 9.59 Å². The summed E-state index contributed by atoms with van der Waals surface area (Å²) in [5.74, 6) is -0.191. The van der Waals surface area contributed by atoms with E-state index < -0.39 is 0 Å². The second kappa shape index (κ2) is 10.2. The number of hydrogen-bond acceptors (Lipinski definition) is 5. The second-order valence-electron chi connectivity index (χ2n) is 9.64. The summed E-state index contributed by atoms with van der Waals surface area (Å²) in [4.78, 5) is 33.0. The van der Waals surface area contributed by atoms with Gasteiger partial charge in [-0.05, 0) is 52.9 Å². The number of hydrazone groups is 1. The molecule has 0 radical (unpaired) electrons. The van der Waals surface area contributed by atoms with E-state index in [0.29, 0.717) is 33.1 Å². The Labute approximate surface area is 234 Å². The zero-order chi connectivity index (χ0) is 27.1. The van der Waals surface area contributed by atoms with Crippen LogP contribution in [-0.4, -0.2) is 35.7 Å². The fourth-order valence-corrected chi connectivity index (χ4v) is 5.89. The SMILES string of the molecule is CN(C)c1ccc([C@H]2CC(c3c(-c4ccccc4)c4cc(Cl)ccc4[nH]c3=O)=NN2C(=O)c2cccs2)cc1. The first-order valence-electron chi connectivity index (χ1n) is 12.5. The Bertz CT molecular complexity index is 1760. The summed E-state index contributed by atoms with van der Waals surface area (Å²) in [5, 5.41) is 9.64. The van der Waals surface area contributed by atoms with Crippen molar-refractivity contribution in [2.45, 2.75) is 12.5 Å². The van der Waals surface area contributed by atoms with Gasteiger partial charge in [-0.15, -0.1) is 11.3 Å². The number of benzene rings is 3. The summed E-state index contributed by atoms with van der Waals surface area (Å²) in [6.07, 6.45) is 0.396. The van der Waals surface area contributed by atoms with Gasteiger partial charge in [-0.25, -0.2) is 5.01 Å². The highest BCUT2D eigenvalue weighted by Crippen LogP contribution is 2.38. The van der Waals surface area contributed by atoms with E-state index in [9.17, 15) is 9.59 Å². The number of hydrogen-bond donors (Lipinski definition) is 1. The van der Waals surface area contributed by atoms with Gasteiger partial charge < -0.3 is 9.88 Å². The molecule has 8 heteroatoms. The van der Waals surface area contributed by atoms with Gasteiger partial charge in [0.2, 0.25) is 0 Å². The molecule has 0 unspecified atom stereocenters. The highest BCUT2D eigenvalue weighted by Gasteiger charge is 2.36. The van der Waals surface area contributed by atoms with Crippen LogP contribution < -0.4 is 10.5 Å². The topological polar surface area (TPSA) is 68.8 Å². The number of nitrogens with one attached hydrogen (secondary N) is 1. The summed E-state index contributed by atoms with van der Waals surface area (Å²) in [7, 11) is 3.98. The van der Waals surface area contributed by atoms with E-state index in [4.69, 9.17) is 16.7 Å². The van der Waals surface area contributed by atoms with Crippen molar-refractivity contribution in [1.29, 1.82) is 0 Å². The number of rotatable bonds is 5. The number of aromatic nitrogens is 1. The Kier molecular flexibility index (Phi) is 6.54. The fraction of sp³-hybridized carbons (Fsp3) is 0.129. The predicted octanol–water partition coefficient (Wildman–Crippen LogP) is 6.97. The van der Waals surface area contributed by atoms with E-state index in [0.717, 1.165) is 27.8 Å². The van der Waals surface area contributed by atoms with Crippen LogP contribution in [0.4, 0.5) is 5.69 Å². The van der Waals surface area contributed by atoms with Crippen LogP contribution in [0.25, 0.3) is 22.0 Å². The average molecular weight is 553 g/mol. The summed E-state index contributed by atoms with van der Waals surface area (Å²) in [6.45, 7) is 0. The van der Waals surface area contributed by atoms with Crippen molar-refractivity contribution >= 4 is 51.1 Å². The zero-order valence-corrected chi connectivity index (χ0v) is 23.0. The first-order chi connectivity index (χ1) is 18.9. The second-order valence-corrected chi connectivity index (χ2v) is 11.0. The lowest BCUT2D eigenvalue weighted by Crippen LogP contribution is -2.26. The lowest BCUT2D eigenvalue weighted by Gasteiger charge is -2.22. The van der Waals surface area contributed by atoms with Crippen molar-refractivity contribution < 1.29 is 4.79 Å². The number of carbonyl (C=O) groups excluding carboxylic acids is 1. The molecule has 0 saturated heterocycles. The number of anilines is 1. The maximum absolute atomic E-state index is 13.7. The molecule has 0 fully saturated rings. The fourth-order valence-electron chi connectivity index (χ4n) is 5.06. The van der Waals surface area contributed by atoms with Crippen molar-refractivity contribution in [3.8, 4) is 11.1 Å². The van der Waals surface area contributed by atoms with Crippen LogP contribution in [0, 0.1) is 0 Å². The molecule has 1 atom stereocenters. The van der Waals surface area contributed by atoms with Gasteiger partial charge in [0.15, 0.2) is 0 Å². The van der Waals surface area contributed by atoms with Crippen molar-refractivity contribution in [2.75, 3.05) is 19.0 Å². The third kappa shape index (κ3) is 4.64. The molecule has 1 aliphatic rings. The molecular weight excluding hydrogens is 528 g/mol. The van der Waals surface area contributed by atoms with E-state index in [-0.39, 0.29) is 17.5 Å². The number of nitrogens with zero attached hydrogens (tertiary/aromatic N) is 3. The molecule has 0 bridgehead atoms. The molecule has 6 nitrogen and oxygen atoms in total. The molecule has 0 aliphatic carbocycles. The Balaban J connectivity index is 1.54. The molecule has 3 aromatic carbocycles. The van der Waals surface area contributed by atoms with Gasteiger partial charge in [0.25, 0.3) is 11.5 Å². The normalized spacial score (nSPS) is 15.0. The molecule has 39 heavy (non-hydrogen) atoms.